The van der Waals surface area contributed by atoms with Crippen molar-refractivity contribution in [1.29, 1.82) is 0 Å². The van der Waals surface area contributed by atoms with Crippen molar-refractivity contribution in [1.82, 2.24) is 30.0 Å². The van der Waals surface area contributed by atoms with Gasteiger partial charge in [0.1, 0.15) is 5.54 Å². The molecule has 1 saturated heterocycles. The van der Waals surface area contributed by atoms with E-state index in [4.69, 9.17) is 0 Å². The largest absolute Gasteiger partial charge is 0.341 e. The number of aryl methyl sites for hydroxylation is 1. The van der Waals surface area contributed by atoms with E-state index in [1.54, 1.807) is 6.92 Å². The molecule has 25 heavy (non-hydrogen) atoms. The molecule has 1 atom stereocenters. The van der Waals surface area contributed by atoms with Crippen LogP contribution in [0.3, 0.4) is 0 Å². The third-order valence-corrected chi connectivity index (χ3v) is 5.36. The van der Waals surface area contributed by atoms with E-state index in [-0.39, 0.29) is 11.4 Å². The highest BCUT2D eigenvalue weighted by molar-refractivity contribution is 5.73. The molecule has 1 unspecified atom stereocenters. The summed E-state index contributed by atoms with van der Waals surface area (Å²) in [5.41, 5.74) is -0.292. The molecule has 0 N–H and O–H groups in total. The second kappa shape index (κ2) is 8.74. The van der Waals surface area contributed by atoms with Gasteiger partial charge in [-0.15, -0.1) is 5.10 Å². The molecule has 0 aliphatic carbocycles. The number of carbonyl (C=O) groups excluding carboxylic acids is 1. The summed E-state index contributed by atoms with van der Waals surface area (Å²) < 4.78 is 1.96. The minimum absolute atomic E-state index is 0.133. The van der Waals surface area contributed by atoms with E-state index in [2.05, 4.69) is 48.2 Å². The van der Waals surface area contributed by atoms with E-state index in [0.717, 1.165) is 57.6 Å². The molecular formula is C18H34N6O. The van der Waals surface area contributed by atoms with Gasteiger partial charge in [-0.2, -0.15) is 0 Å². The minimum Gasteiger partial charge on any atom is -0.341 e. The molecule has 2 heterocycles. The van der Waals surface area contributed by atoms with Crippen LogP contribution in [-0.4, -0.2) is 62.6 Å². The van der Waals surface area contributed by atoms with Crippen molar-refractivity contribution in [2.24, 2.45) is 5.92 Å². The van der Waals surface area contributed by atoms with Crippen molar-refractivity contribution >= 4 is 5.91 Å². The first-order valence-corrected chi connectivity index (χ1v) is 9.64. The first kappa shape index (κ1) is 19.8. The van der Waals surface area contributed by atoms with E-state index in [1.165, 1.54) is 0 Å². The van der Waals surface area contributed by atoms with Crippen LogP contribution >= 0.6 is 0 Å². The average molecular weight is 351 g/mol. The van der Waals surface area contributed by atoms with E-state index >= 15 is 0 Å². The van der Waals surface area contributed by atoms with Crippen LogP contribution in [-0.2, 0) is 16.9 Å². The average Bonchev–Trinajstić information content (AvgIpc) is 3.06. The molecule has 2 rings (SSSR count). The van der Waals surface area contributed by atoms with Gasteiger partial charge in [0.25, 0.3) is 0 Å². The van der Waals surface area contributed by atoms with Crippen molar-refractivity contribution < 1.29 is 4.79 Å². The molecule has 0 aromatic carbocycles. The van der Waals surface area contributed by atoms with Crippen LogP contribution < -0.4 is 0 Å². The van der Waals surface area contributed by atoms with Gasteiger partial charge in [0.2, 0.25) is 5.91 Å². The van der Waals surface area contributed by atoms with Gasteiger partial charge >= 0.3 is 0 Å². The molecule has 0 bridgehead atoms. The molecule has 7 heteroatoms. The number of hydrogen-bond acceptors (Lipinski definition) is 5. The van der Waals surface area contributed by atoms with Gasteiger partial charge in [0.15, 0.2) is 5.82 Å². The van der Waals surface area contributed by atoms with Crippen LogP contribution in [0.1, 0.15) is 65.6 Å². The van der Waals surface area contributed by atoms with Crippen LogP contribution in [0.25, 0.3) is 0 Å². The Balaban J connectivity index is 2.35. The van der Waals surface area contributed by atoms with Gasteiger partial charge in [-0.25, -0.2) is 4.68 Å². The second-order valence-corrected chi connectivity index (χ2v) is 7.76. The summed E-state index contributed by atoms with van der Waals surface area (Å²) in [5.74, 6) is 1.65. The lowest BCUT2D eigenvalue weighted by atomic mass is 9.85. The van der Waals surface area contributed by atoms with Gasteiger partial charge < -0.3 is 4.90 Å². The van der Waals surface area contributed by atoms with Crippen molar-refractivity contribution in [3.05, 3.63) is 5.82 Å². The third-order valence-electron chi connectivity index (χ3n) is 5.36. The molecule has 142 valence electrons. The van der Waals surface area contributed by atoms with Crippen LogP contribution in [0, 0.1) is 5.92 Å². The Kier molecular flexibility index (Phi) is 6.93. The van der Waals surface area contributed by atoms with Crippen LogP contribution in [0.4, 0.5) is 0 Å². The summed E-state index contributed by atoms with van der Waals surface area (Å²) >= 11 is 0. The number of nitrogens with zero attached hydrogens (tertiary/aromatic N) is 6. The quantitative estimate of drug-likeness (QED) is 0.719. The number of piperidine rings is 1. The summed E-state index contributed by atoms with van der Waals surface area (Å²) in [6, 6.07) is 0. The van der Waals surface area contributed by atoms with Crippen molar-refractivity contribution in [3.63, 3.8) is 0 Å². The highest BCUT2D eigenvalue weighted by atomic mass is 16.2. The predicted molar refractivity (Wildman–Crippen MR) is 98.0 cm³/mol. The number of tetrazole rings is 1. The topological polar surface area (TPSA) is 67.2 Å². The van der Waals surface area contributed by atoms with Crippen molar-refractivity contribution in [2.45, 2.75) is 71.9 Å². The zero-order chi connectivity index (χ0) is 18.4. The maximum atomic E-state index is 12.0. The van der Waals surface area contributed by atoms with Crippen LogP contribution in [0.15, 0.2) is 0 Å². The number of carbonyl (C=O) groups is 1. The molecule has 0 spiro atoms. The lowest BCUT2D eigenvalue weighted by Crippen LogP contribution is -2.57. The summed E-state index contributed by atoms with van der Waals surface area (Å²) in [6.45, 7) is 11.6. The molecule has 7 nitrogen and oxygen atoms in total. The minimum atomic E-state index is -0.292. The van der Waals surface area contributed by atoms with Crippen LogP contribution in [0.2, 0.25) is 0 Å². The number of likely N-dealkylation sites (tertiary alicyclic amines) is 1. The Morgan fingerprint density at radius 2 is 2.16 bits per heavy atom. The van der Waals surface area contributed by atoms with E-state index in [9.17, 15) is 4.79 Å². The molecule has 0 radical (unpaired) electrons. The Bertz CT molecular complexity index is 558. The summed E-state index contributed by atoms with van der Waals surface area (Å²) in [6.07, 6.45) is 5.29. The lowest BCUT2D eigenvalue weighted by molar-refractivity contribution is -0.133. The normalized spacial score (nSPS) is 21.3. The fraction of sp³-hybridized carbons (Fsp3) is 0.889. The summed E-state index contributed by atoms with van der Waals surface area (Å²) in [7, 11) is 2.15. The molecule has 0 saturated carbocycles. The number of likely N-dealkylation sites (N-methyl/N-ethyl adjacent to an activating group) is 1. The van der Waals surface area contributed by atoms with E-state index in [1.807, 2.05) is 9.58 Å². The number of unbranched alkanes of at least 4 members (excludes halogenated alkanes) is 1. The first-order valence-electron chi connectivity index (χ1n) is 9.64. The monoisotopic (exact) mass is 350 g/mol. The standard InChI is InChI=1S/C18H34N6O/c1-6-7-11-22(5)18(10-8-12-23(14-18)16(4)25)17-19-20-21-24(17)13-9-15(2)3/h15H,6-14H2,1-5H3. The fourth-order valence-corrected chi connectivity index (χ4v) is 3.65. The molecule has 1 amide bonds. The first-order chi connectivity index (χ1) is 11.9. The SMILES string of the molecule is CCCCN(C)C1(c2nnnn2CCC(C)C)CCCN(C(C)=O)C1. The van der Waals surface area contributed by atoms with Gasteiger partial charge in [-0.1, -0.05) is 27.2 Å². The van der Waals surface area contributed by atoms with Crippen LogP contribution in [0.5, 0.6) is 0 Å². The molecule has 1 aromatic heterocycles. The summed E-state index contributed by atoms with van der Waals surface area (Å²) in [4.78, 5) is 16.4. The third kappa shape index (κ3) is 4.57. The zero-order valence-electron chi connectivity index (χ0n) is 16.5. The molecule has 1 fully saturated rings. The Labute approximate surface area is 151 Å². The van der Waals surface area contributed by atoms with Crippen molar-refractivity contribution in [2.75, 3.05) is 26.7 Å². The Morgan fingerprint density at radius 3 is 2.80 bits per heavy atom. The number of hydrogen-bond donors (Lipinski definition) is 0. The molecule has 1 aliphatic rings. The molecular weight excluding hydrogens is 316 g/mol. The highest BCUT2D eigenvalue weighted by Gasteiger charge is 2.45. The van der Waals surface area contributed by atoms with Gasteiger partial charge in [0, 0.05) is 26.6 Å². The predicted octanol–water partition coefficient (Wildman–Crippen LogP) is 2.29. The fourth-order valence-electron chi connectivity index (χ4n) is 3.65. The molecule has 1 aliphatic heterocycles. The van der Waals surface area contributed by atoms with Gasteiger partial charge in [0.05, 0.1) is 0 Å². The lowest BCUT2D eigenvalue weighted by Gasteiger charge is -2.47. The smallest absolute Gasteiger partial charge is 0.219 e. The Hall–Kier alpha value is -1.50. The van der Waals surface area contributed by atoms with Gasteiger partial charge in [-0.3, -0.25) is 9.69 Å². The number of rotatable bonds is 8. The highest BCUT2D eigenvalue weighted by Crippen LogP contribution is 2.36. The maximum Gasteiger partial charge on any atom is 0.219 e. The molecule has 1 aromatic rings. The maximum absolute atomic E-state index is 12.0. The summed E-state index contributed by atoms with van der Waals surface area (Å²) in [5, 5.41) is 12.7. The van der Waals surface area contributed by atoms with Crippen molar-refractivity contribution in [3.8, 4) is 0 Å². The Morgan fingerprint density at radius 1 is 1.40 bits per heavy atom. The van der Waals surface area contributed by atoms with E-state index in [0.29, 0.717) is 12.5 Å². The zero-order valence-corrected chi connectivity index (χ0v) is 16.5. The van der Waals surface area contributed by atoms with E-state index < -0.39 is 0 Å². The number of amides is 1. The number of aromatic nitrogens is 4. The van der Waals surface area contributed by atoms with Gasteiger partial charge in [-0.05, 0) is 55.6 Å². The second-order valence-electron chi connectivity index (χ2n) is 7.76.